The molecule has 0 amide bonds. The zero-order valence-corrected chi connectivity index (χ0v) is 11.0. The Hall–Kier alpha value is -2.38. The summed E-state index contributed by atoms with van der Waals surface area (Å²) in [6.45, 7) is 1.88. The van der Waals surface area contributed by atoms with Crippen molar-refractivity contribution >= 4 is 11.8 Å². The molecule has 1 N–H and O–H groups in total. The fourth-order valence-corrected chi connectivity index (χ4v) is 2.35. The summed E-state index contributed by atoms with van der Waals surface area (Å²) in [7, 11) is 0. The van der Waals surface area contributed by atoms with Crippen LogP contribution in [-0.2, 0) is 17.6 Å². The van der Waals surface area contributed by atoms with Crippen LogP contribution in [-0.4, -0.2) is 32.3 Å². The van der Waals surface area contributed by atoms with E-state index in [-0.39, 0.29) is 12.6 Å². The van der Waals surface area contributed by atoms with Gasteiger partial charge in [-0.15, -0.1) is 0 Å². The minimum absolute atomic E-state index is 0.0682. The third-order valence-corrected chi connectivity index (χ3v) is 3.20. The first-order valence-electron chi connectivity index (χ1n) is 6.54. The molecule has 20 heavy (non-hydrogen) atoms. The van der Waals surface area contributed by atoms with Gasteiger partial charge in [0.2, 0.25) is 0 Å². The monoisotopic (exact) mass is 278 g/mol. The first kappa shape index (κ1) is 12.6. The summed E-state index contributed by atoms with van der Waals surface area (Å²) < 4.78 is 10.7. The van der Waals surface area contributed by atoms with Gasteiger partial charge in [-0.2, -0.15) is 14.5 Å². The maximum Gasteiger partial charge on any atom is 0.516 e. The van der Waals surface area contributed by atoms with E-state index in [0.29, 0.717) is 5.65 Å². The molecular formula is C12H14N4O4. The van der Waals surface area contributed by atoms with Crippen molar-refractivity contribution in [3.05, 3.63) is 21.7 Å². The summed E-state index contributed by atoms with van der Waals surface area (Å²) in [6, 6.07) is -0.0682. The molecule has 106 valence electrons. The predicted octanol–water partition coefficient (Wildman–Crippen LogP) is 0.832. The van der Waals surface area contributed by atoms with E-state index in [2.05, 4.69) is 19.8 Å². The van der Waals surface area contributed by atoms with Crippen LogP contribution in [0, 0.1) is 0 Å². The second-order valence-corrected chi connectivity index (χ2v) is 4.50. The highest BCUT2D eigenvalue weighted by Crippen LogP contribution is 2.22. The van der Waals surface area contributed by atoms with Crippen molar-refractivity contribution in [2.45, 2.75) is 32.6 Å². The van der Waals surface area contributed by atoms with Gasteiger partial charge in [-0.05, 0) is 32.6 Å². The predicted molar refractivity (Wildman–Crippen MR) is 67.9 cm³/mol. The lowest BCUT2D eigenvalue weighted by molar-refractivity contribution is 0.101. The fourth-order valence-electron chi connectivity index (χ4n) is 2.35. The normalized spacial score (nSPS) is 14.1. The van der Waals surface area contributed by atoms with Crippen LogP contribution in [0.5, 0.6) is 6.01 Å². The molecule has 8 nitrogen and oxygen atoms in total. The lowest BCUT2D eigenvalue weighted by Crippen LogP contribution is -2.23. The van der Waals surface area contributed by atoms with E-state index in [1.54, 1.807) is 6.92 Å². The third-order valence-electron chi connectivity index (χ3n) is 3.20. The van der Waals surface area contributed by atoms with Crippen molar-refractivity contribution < 1.29 is 14.3 Å². The highest BCUT2D eigenvalue weighted by molar-refractivity contribution is 5.63. The maximum absolute atomic E-state index is 11.9. The van der Waals surface area contributed by atoms with Crippen LogP contribution in [0.1, 0.15) is 31.0 Å². The minimum atomic E-state index is -0.860. The number of aromatic amines is 1. The second kappa shape index (κ2) is 4.95. The number of rotatable bonds is 2. The van der Waals surface area contributed by atoms with E-state index < -0.39 is 11.8 Å². The van der Waals surface area contributed by atoms with Crippen molar-refractivity contribution in [3.63, 3.8) is 0 Å². The van der Waals surface area contributed by atoms with Crippen molar-refractivity contribution in [1.29, 1.82) is 0 Å². The highest BCUT2D eigenvalue weighted by atomic mass is 16.7. The zero-order chi connectivity index (χ0) is 14.1. The Morgan fingerprint density at radius 1 is 1.35 bits per heavy atom. The van der Waals surface area contributed by atoms with Gasteiger partial charge in [0.05, 0.1) is 12.3 Å². The van der Waals surface area contributed by atoms with Crippen LogP contribution in [0.25, 0.3) is 5.65 Å². The van der Waals surface area contributed by atoms with Crippen molar-refractivity contribution in [2.75, 3.05) is 6.61 Å². The minimum Gasteiger partial charge on any atom is -0.434 e. The first-order valence-corrected chi connectivity index (χ1v) is 6.54. The maximum atomic E-state index is 11.9. The second-order valence-electron chi connectivity index (χ2n) is 4.50. The smallest absolute Gasteiger partial charge is 0.434 e. The van der Waals surface area contributed by atoms with Gasteiger partial charge >= 0.3 is 17.9 Å². The molecule has 0 radical (unpaired) electrons. The quantitative estimate of drug-likeness (QED) is 0.817. The van der Waals surface area contributed by atoms with Crippen LogP contribution in [0.2, 0.25) is 0 Å². The largest absolute Gasteiger partial charge is 0.516 e. The third kappa shape index (κ3) is 2.13. The molecule has 0 fully saturated rings. The molecule has 3 rings (SSSR count). The number of hydrogen-bond donors (Lipinski definition) is 1. The molecule has 0 aliphatic heterocycles. The molecular weight excluding hydrogens is 264 g/mol. The topological polar surface area (TPSA) is 98.6 Å². The zero-order valence-electron chi connectivity index (χ0n) is 11.0. The Labute approximate surface area is 113 Å². The van der Waals surface area contributed by atoms with Gasteiger partial charge in [0.1, 0.15) is 0 Å². The van der Waals surface area contributed by atoms with Crippen LogP contribution in [0.3, 0.4) is 0 Å². The van der Waals surface area contributed by atoms with Crippen molar-refractivity contribution in [2.24, 2.45) is 0 Å². The van der Waals surface area contributed by atoms with E-state index in [0.717, 1.165) is 36.9 Å². The average Bonchev–Trinajstić information content (AvgIpc) is 2.83. The summed E-state index contributed by atoms with van der Waals surface area (Å²) >= 11 is 0. The van der Waals surface area contributed by atoms with Gasteiger partial charge < -0.3 is 9.47 Å². The Balaban J connectivity index is 2.04. The van der Waals surface area contributed by atoms with Crippen molar-refractivity contribution in [1.82, 2.24) is 19.6 Å². The Morgan fingerprint density at radius 2 is 2.15 bits per heavy atom. The Morgan fingerprint density at radius 3 is 2.95 bits per heavy atom. The van der Waals surface area contributed by atoms with E-state index in [1.165, 1.54) is 4.52 Å². The lowest BCUT2D eigenvalue weighted by atomic mass is 9.97. The highest BCUT2D eigenvalue weighted by Gasteiger charge is 2.20. The van der Waals surface area contributed by atoms with Crippen molar-refractivity contribution in [3.8, 4) is 6.01 Å². The number of carbonyl (C=O) groups is 1. The van der Waals surface area contributed by atoms with Gasteiger partial charge in [-0.1, -0.05) is 0 Å². The molecule has 0 saturated carbocycles. The number of aryl methyl sites for hydroxylation is 2. The van der Waals surface area contributed by atoms with Crippen LogP contribution in [0.4, 0.5) is 4.79 Å². The van der Waals surface area contributed by atoms with Crippen LogP contribution < -0.4 is 10.4 Å². The number of carbonyl (C=O) groups excluding carboxylic acids is 1. The molecule has 0 atom stereocenters. The molecule has 1 aliphatic carbocycles. The van der Waals surface area contributed by atoms with Gasteiger partial charge in [-0.25, -0.2) is 14.7 Å². The molecule has 2 heterocycles. The summed E-state index contributed by atoms with van der Waals surface area (Å²) in [6.07, 6.45) is 2.79. The fraction of sp³-hybridized carbons (Fsp3) is 0.500. The van der Waals surface area contributed by atoms with E-state index >= 15 is 0 Å². The molecule has 0 aromatic carbocycles. The van der Waals surface area contributed by atoms with Crippen LogP contribution >= 0.6 is 0 Å². The summed E-state index contributed by atoms with van der Waals surface area (Å²) in [5.74, 6) is 0. The van der Waals surface area contributed by atoms with Gasteiger partial charge in [0, 0.05) is 5.56 Å². The molecule has 8 heteroatoms. The summed E-state index contributed by atoms with van der Waals surface area (Å²) in [5, 5.41) is 2.61. The number of aromatic nitrogens is 4. The SMILES string of the molecule is CCOC(=O)Oc1nc2c3c(nc(=O)n2[nH]1)CCCC3. The van der Waals surface area contributed by atoms with E-state index in [4.69, 9.17) is 4.74 Å². The number of hydrogen-bond acceptors (Lipinski definition) is 6. The molecule has 0 saturated heterocycles. The molecule has 0 unspecified atom stereocenters. The molecule has 2 aromatic rings. The molecule has 0 spiro atoms. The average molecular weight is 278 g/mol. The molecule has 2 aromatic heterocycles. The number of nitrogens with zero attached hydrogens (tertiary/aromatic N) is 3. The van der Waals surface area contributed by atoms with E-state index in [1.807, 2.05) is 0 Å². The van der Waals surface area contributed by atoms with Gasteiger partial charge in [0.25, 0.3) is 0 Å². The molecule has 0 bridgehead atoms. The van der Waals surface area contributed by atoms with Gasteiger partial charge in [-0.3, -0.25) is 0 Å². The standard InChI is InChI=1S/C12H14N4O4/c1-2-19-12(18)20-10-14-9-7-5-3-4-6-8(7)13-11(17)16(9)15-10/h2-6H2,1H3,(H,14,15). The van der Waals surface area contributed by atoms with Gasteiger partial charge in [0.15, 0.2) is 5.65 Å². The summed E-state index contributed by atoms with van der Waals surface area (Å²) in [4.78, 5) is 31.3. The number of ether oxygens (including phenoxy) is 2. The first-order chi connectivity index (χ1) is 9.69. The molecule has 1 aliphatic rings. The van der Waals surface area contributed by atoms with E-state index in [9.17, 15) is 9.59 Å². The number of nitrogens with one attached hydrogen (secondary N) is 1. The Bertz CT molecular complexity index is 718. The Kier molecular flexibility index (Phi) is 3.13. The number of H-pyrrole nitrogens is 1. The van der Waals surface area contributed by atoms with Crippen LogP contribution in [0.15, 0.2) is 4.79 Å². The summed E-state index contributed by atoms with van der Waals surface area (Å²) in [5.41, 5.74) is 1.74. The lowest BCUT2D eigenvalue weighted by Gasteiger charge is -2.13. The number of fused-ring (bicyclic) bond motifs is 3.